The van der Waals surface area contributed by atoms with E-state index in [0.29, 0.717) is 24.8 Å². The first-order chi connectivity index (χ1) is 16.5. The van der Waals surface area contributed by atoms with Crippen molar-refractivity contribution in [1.29, 1.82) is 0 Å². The number of carbonyl (C=O) groups excluding carboxylic acids is 3. The highest BCUT2D eigenvalue weighted by Crippen LogP contribution is 2.21. The molecule has 0 aliphatic carbocycles. The van der Waals surface area contributed by atoms with Gasteiger partial charge >= 0.3 is 5.97 Å². The molecule has 1 aromatic carbocycles. The van der Waals surface area contributed by atoms with Gasteiger partial charge in [-0.2, -0.15) is 0 Å². The maximum absolute atomic E-state index is 13.4. The van der Waals surface area contributed by atoms with Crippen LogP contribution in [0.15, 0.2) is 24.3 Å². The second kappa shape index (κ2) is 12.5. The molecule has 0 aromatic heterocycles. The average molecular weight is 491 g/mol. The monoisotopic (exact) mass is 490 g/mol. The number of phenolic OH excluding ortho intramolecular Hbond substituents is 1. The molecule has 1 saturated heterocycles. The minimum absolute atomic E-state index is 0.0622. The van der Waals surface area contributed by atoms with Crippen LogP contribution in [0.3, 0.4) is 0 Å². The van der Waals surface area contributed by atoms with Gasteiger partial charge in [0.2, 0.25) is 17.7 Å². The molecule has 2 rings (SSSR count). The Morgan fingerprint density at radius 1 is 1.09 bits per heavy atom. The number of nitrogens with two attached hydrogens (primary N) is 1. The number of carboxylic acid groups (broad SMARTS) is 1. The standard InChI is InChI=1S/C25H38N4O6/c1-5-15(4)21(28-22(31)20(26)14(2)3)23(32)27-18(13-16-8-10-17(30)11-9-16)24(33)29-12-6-7-19(29)25(34)35/h8-11,14-15,18-21,30H,5-7,12-13,26H2,1-4H3,(H,27,32)(H,28,31)(H,34,35). The molecule has 0 radical (unpaired) electrons. The molecule has 1 fully saturated rings. The second-order valence-electron chi connectivity index (χ2n) is 9.60. The first-order valence-electron chi connectivity index (χ1n) is 12.1. The number of aromatic hydroxyl groups is 1. The Morgan fingerprint density at radius 3 is 2.26 bits per heavy atom. The van der Waals surface area contributed by atoms with Crippen molar-refractivity contribution >= 4 is 23.7 Å². The van der Waals surface area contributed by atoms with Crippen LogP contribution in [0, 0.1) is 11.8 Å². The number of carboxylic acids is 1. The smallest absolute Gasteiger partial charge is 0.326 e. The van der Waals surface area contributed by atoms with Crippen LogP contribution in [0.5, 0.6) is 5.75 Å². The number of aliphatic carboxylic acids is 1. The van der Waals surface area contributed by atoms with Gasteiger partial charge < -0.3 is 31.5 Å². The van der Waals surface area contributed by atoms with Gasteiger partial charge in [0.1, 0.15) is 23.9 Å². The SMILES string of the molecule is CCC(C)C(NC(=O)C(N)C(C)C)C(=O)NC(Cc1ccc(O)cc1)C(=O)N1CCCC1C(=O)O. The number of phenols is 1. The number of likely N-dealkylation sites (tertiary alicyclic amines) is 1. The quantitative estimate of drug-likeness (QED) is 0.309. The number of carbonyl (C=O) groups is 4. The Bertz CT molecular complexity index is 904. The van der Waals surface area contributed by atoms with E-state index in [1.807, 2.05) is 27.7 Å². The topological polar surface area (TPSA) is 162 Å². The van der Waals surface area contributed by atoms with Crippen molar-refractivity contribution in [3.8, 4) is 5.75 Å². The summed E-state index contributed by atoms with van der Waals surface area (Å²) in [6.45, 7) is 7.61. The molecule has 1 aliphatic rings. The van der Waals surface area contributed by atoms with Crippen molar-refractivity contribution < 1.29 is 29.4 Å². The van der Waals surface area contributed by atoms with Crippen LogP contribution in [0.1, 0.15) is 52.5 Å². The van der Waals surface area contributed by atoms with Crippen LogP contribution in [0.25, 0.3) is 0 Å². The predicted octanol–water partition coefficient (Wildman–Crippen LogP) is 1.01. The second-order valence-corrected chi connectivity index (χ2v) is 9.60. The van der Waals surface area contributed by atoms with Crippen molar-refractivity contribution in [2.45, 2.75) is 77.5 Å². The zero-order valence-electron chi connectivity index (χ0n) is 20.9. The number of amides is 3. The maximum Gasteiger partial charge on any atom is 0.326 e. The Hall–Kier alpha value is -3.14. The molecule has 5 unspecified atom stereocenters. The van der Waals surface area contributed by atoms with E-state index in [0.717, 1.165) is 0 Å². The third-order valence-corrected chi connectivity index (χ3v) is 6.63. The number of benzene rings is 1. The van der Waals surface area contributed by atoms with E-state index in [-0.39, 0.29) is 30.6 Å². The highest BCUT2D eigenvalue weighted by molar-refractivity contribution is 5.94. The fourth-order valence-electron chi connectivity index (χ4n) is 4.07. The van der Waals surface area contributed by atoms with Gasteiger partial charge in [0, 0.05) is 13.0 Å². The lowest BCUT2D eigenvalue weighted by atomic mass is 9.95. The largest absolute Gasteiger partial charge is 0.508 e. The minimum atomic E-state index is -1.09. The summed E-state index contributed by atoms with van der Waals surface area (Å²) in [6.07, 6.45) is 1.60. The lowest BCUT2D eigenvalue weighted by Crippen LogP contribution is -2.59. The molecule has 35 heavy (non-hydrogen) atoms. The number of nitrogens with one attached hydrogen (secondary N) is 2. The molecule has 0 saturated carbocycles. The molecule has 194 valence electrons. The highest BCUT2D eigenvalue weighted by atomic mass is 16.4. The molecule has 10 nitrogen and oxygen atoms in total. The van der Waals surface area contributed by atoms with E-state index in [1.165, 1.54) is 17.0 Å². The van der Waals surface area contributed by atoms with Crippen molar-refractivity contribution in [1.82, 2.24) is 15.5 Å². The summed E-state index contributed by atoms with van der Waals surface area (Å²) in [7, 11) is 0. The van der Waals surface area contributed by atoms with Crippen LogP contribution in [-0.4, -0.2) is 69.5 Å². The van der Waals surface area contributed by atoms with E-state index in [4.69, 9.17) is 5.73 Å². The fraction of sp³-hybridized carbons (Fsp3) is 0.600. The van der Waals surface area contributed by atoms with Crippen LogP contribution < -0.4 is 16.4 Å². The molecule has 10 heteroatoms. The van der Waals surface area contributed by atoms with Gasteiger partial charge in [-0.3, -0.25) is 14.4 Å². The fourth-order valence-corrected chi connectivity index (χ4v) is 4.07. The van der Waals surface area contributed by atoms with Gasteiger partial charge in [-0.05, 0) is 42.4 Å². The lowest BCUT2D eigenvalue weighted by molar-refractivity contribution is -0.149. The van der Waals surface area contributed by atoms with Crippen LogP contribution in [-0.2, 0) is 25.6 Å². The van der Waals surface area contributed by atoms with Crippen molar-refractivity contribution in [2.24, 2.45) is 17.6 Å². The third-order valence-electron chi connectivity index (χ3n) is 6.63. The Labute approximate surface area is 206 Å². The molecule has 1 aromatic rings. The van der Waals surface area contributed by atoms with E-state index in [9.17, 15) is 29.4 Å². The van der Waals surface area contributed by atoms with Gasteiger partial charge in [0.15, 0.2) is 0 Å². The first-order valence-corrected chi connectivity index (χ1v) is 12.1. The maximum atomic E-state index is 13.4. The first kappa shape index (κ1) is 28.1. The average Bonchev–Trinajstić information content (AvgIpc) is 3.32. The summed E-state index contributed by atoms with van der Waals surface area (Å²) < 4.78 is 0. The van der Waals surface area contributed by atoms with Crippen molar-refractivity contribution in [3.05, 3.63) is 29.8 Å². The molecule has 0 spiro atoms. The van der Waals surface area contributed by atoms with E-state index in [1.54, 1.807) is 12.1 Å². The van der Waals surface area contributed by atoms with Crippen LogP contribution in [0.4, 0.5) is 0 Å². The van der Waals surface area contributed by atoms with E-state index in [2.05, 4.69) is 10.6 Å². The van der Waals surface area contributed by atoms with Gasteiger partial charge in [0.05, 0.1) is 6.04 Å². The minimum Gasteiger partial charge on any atom is -0.508 e. The molecule has 6 N–H and O–H groups in total. The van der Waals surface area contributed by atoms with Gasteiger partial charge in [-0.15, -0.1) is 0 Å². The number of nitrogens with zero attached hydrogens (tertiary/aromatic N) is 1. The molecule has 1 heterocycles. The number of rotatable bonds is 11. The van der Waals surface area contributed by atoms with Crippen molar-refractivity contribution in [2.75, 3.05) is 6.54 Å². The van der Waals surface area contributed by atoms with Gasteiger partial charge in [-0.1, -0.05) is 46.2 Å². The van der Waals surface area contributed by atoms with Gasteiger partial charge in [-0.25, -0.2) is 4.79 Å². The lowest BCUT2D eigenvalue weighted by Gasteiger charge is -2.30. The number of hydrogen-bond acceptors (Lipinski definition) is 6. The molecular formula is C25H38N4O6. The van der Waals surface area contributed by atoms with Crippen molar-refractivity contribution in [3.63, 3.8) is 0 Å². The molecular weight excluding hydrogens is 452 g/mol. The summed E-state index contributed by atoms with van der Waals surface area (Å²) in [6, 6.07) is 2.52. The van der Waals surface area contributed by atoms with E-state index < -0.39 is 47.9 Å². The molecule has 3 amide bonds. The Balaban J connectivity index is 2.30. The highest BCUT2D eigenvalue weighted by Gasteiger charge is 2.39. The Kier molecular flexibility index (Phi) is 10.1. The zero-order valence-corrected chi connectivity index (χ0v) is 20.9. The summed E-state index contributed by atoms with van der Waals surface area (Å²) in [5, 5.41) is 24.6. The van der Waals surface area contributed by atoms with Crippen LogP contribution >= 0.6 is 0 Å². The van der Waals surface area contributed by atoms with Gasteiger partial charge in [0.25, 0.3) is 0 Å². The summed E-state index contributed by atoms with van der Waals surface area (Å²) >= 11 is 0. The molecule has 1 aliphatic heterocycles. The third kappa shape index (κ3) is 7.42. The summed E-state index contributed by atoms with van der Waals surface area (Å²) in [5.41, 5.74) is 6.64. The predicted molar refractivity (Wildman–Crippen MR) is 130 cm³/mol. The number of hydrogen-bond donors (Lipinski definition) is 5. The van der Waals surface area contributed by atoms with Crippen LogP contribution in [0.2, 0.25) is 0 Å². The molecule has 0 bridgehead atoms. The normalized spacial score (nSPS) is 19.0. The zero-order chi connectivity index (χ0) is 26.3. The van der Waals surface area contributed by atoms with E-state index >= 15 is 0 Å². The Morgan fingerprint density at radius 2 is 1.71 bits per heavy atom. The summed E-state index contributed by atoms with van der Waals surface area (Å²) in [4.78, 5) is 52.4. The summed E-state index contributed by atoms with van der Waals surface area (Å²) in [5.74, 6) is -2.86. The molecule has 5 atom stereocenters.